The second kappa shape index (κ2) is 7.52. The largest absolute Gasteiger partial charge is 0.451 e. The minimum absolute atomic E-state index is 0.0749. The molecule has 28 heavy (non-hydrogen) atoms. The fourth-order valence-electron chi connectivity index (χ4n) is 2.49. The minimum atomic E-state index is -4.61. The number of furan rings is 1. The molecule has 0 saturated heterocycles. The summed E-state index contributed by atoms with van der Waals surface area (Å²) in [4.78, 5) is 23.5. The molecule has 0 unspecified atom stereocenters. The Balaban J connectivity index is 1.80. The number of carbonyl (C=O) groups is 2. The van der Waals surface area contributed by atoms with Crippen molar-refractivity contribution in [1.29, 1.82) is 0 Å². The molecule has 8 heteroatoms. The van der Waals surface area contributed by atoms with E-state index in [1.165, 1.54) is 25.1 Å². The molecule has 4 nitrogen and oxygen atoms in total. The van der Waals surface area contributed by atoms with Gasteiger partial charge < -0.3 is 9.73 Å². The van der Waals surface area contributed by atoms with Crippen molar-refractivity contribution >= 4 is 29.0 Å². The van der Waals surface area contributed by atoms with Crippen LogP contribution in [0.2, 0.25) is 5.02 Å². The Labute approximate surface area is 162 Å². The third-order valence-corrected chi connectivity index (χ3v) is 4.26. The zero-order chi connectivity index (χ0) is 20.5. The summed E-state index contributed by atoms with van der Waals surface area (Å²) in [5.74, 6) is -0.657. The smallest absolute Gasteiger partial charge is 0.417 e. The highest BCUT2D eigenvalue weighted by Gasteiger charge is 2.33. The molecule has 0 fully saturated rings. The Morgan fingerprint density at radius 2 is 1.68 bits per heavy atom. The number of Topliss-reactive ketones (excluding diaryl/α,β-unsaturated/α-hetero) is 1. The zero-order valence-corrected chi connectivity index (χ0v) is 15.2. The molecule has 1 aromatic heterocycles. The van der Waals surface area contributed by atoms with Gasteiger partial charge in [-0.05, 0) is 61.5 Å². The summed E-state index contributed by atoms with van der Waals surface area (Å²) in [6.07, 6.45) is -4.61. The predicted molar refractivity (Wildman–Crippen MR) is 98.6 cm³/mol. The standard InChI is InChI=1S/C20H13ClF3NO3/c1-11(26)12-2-5-14(6-3-12)25-19(27)18-9-8-17(28-18)13-4-7-16(21)15(10-13)20(22,23)24/h2-10H,1H3,(H,25,27). The normalized spacial score (nSPS) is 11.3. The topological polar surface area (TPSA) is 59.3 Å². The van der Waals surface area contributed by atoms with Crippen molar-refractivity contribution in [3.63, 3.8) is 0 Å². The molecular weight excluding hydrogens is 395 g/mol. The first-order valence-electron chi connectivity index (χ1n) is 8.04. The number of hydrogen-bond acceptors (Lipinski definition) is 3. The summed E-state index contributed by atoms with van der Waals surface area (Å²) in [5.41, 5.74) is 0.0986. The van der Waals surface area contributed by atoms with Gasteiger partial charge in [-0.15, -0.1) is 0 Å². The van der Waals surface area contributed by atoms with Crippen LogP contribution in [0.1, 0.15) is 33.4 Å². The van der Waals surface area contributed by atoms with Gasteiger partial charge in [-0.3, -0.25) is 9.59 Å². The molecule has 0 bridgehead atoms. The van der Waals surface area contributed by atoms with Crippen LogP contribution in [0.15, 0.2) is 59.0 Å². The first-order valence-corrected chi connectivity index (χ1v) is 8.42. The van der Waals surface area contributed by atoms with Gasteiger partial charge in [-0.2, -0.15) is 13.2 Å². The number of alkyl halides is 3. The second-order valence-electron chi connectivity index (χ2n) is 5.94. The molecule has 1 heterocycles. The minimum Gasteiger partial charge on any atom is -0.451 e. The molecule has 2 aromatic carbocycles. The number of nitrogens with one attached hydrogen (secondary N) is 1. The van der Waals surface area contributed by atoms with E-state index in [2.05, 4.69) is 5.32 Å². The Bertz CT molecular complexity index is 1040. The van der Waals surface area contributed by atoms with Crippen LogP contribution in [0.4, 0.5) is 18.9 Å². The van der Waals surface area contributed by atoms with Crippen molar-refractivity contribution in [1.82, 2.24) is 0 Å². The van der Waals surface area contributed by atoms with E-state index in [-0.39, 0.29) is 22.9 Å². The highest BCUT2D eigenvalue weighted by atomic mass is 35.5. The zero-order valence-electron chi connectivity index (χ0n) is 14.4. The number of benzene rings is 2. The molecule has 3 aromatic rings. The number of hydrogen-bond donors (Lipinski definition) is 1. The van der Waals surface area contributed by atoms with Crippen LogP contribution in [-0.4, -0.2) is 11.7 Å². The van der Waals surface area contributed by atoms with Crippen LogP contribution in [-0.2, 0) is 6.18 Å². The van der Waals surface area contributed by atoms with Crippen molar-refractivity contribution < 1.29 is 27.2 Å². The molecule has 144 valence electrons. The fraction of sp³-hybridized carbons (Fsp3) is 0.100. The summed E-state index contributed by atoms with van der Waals surface area (Å²) >= 11 is 5.61. The number of carbonyl (C=O) groups excluding carboxylic acids is 2. The van der Waals surface area contributed by atoms with Crippen LogP contribution >= 0.6 is 11.6 Å². The first-order chi connectivity index (χ1) is 13.1. The van der Waals surface area contributed by atoms with E-state index in [0.717, 1.165) is 12.1 Å². The van der Waals surface area contributed by atoms with Gasteiger partial charge in [-0.25, -0.2) is 0 Å². The molecule has 0 aliphatic rings. The first kappa shape index (κ1) is 19.7. The molecular formula is C20H13ClF3NO3. The molecule has 1 amide bonds. The van der Waals surface area contributed by atoms with Crippen LogP contribution < -0.4 is 5.32 Å². The Morgan fingerprint density at radius 3 is 2.29 bits per heavy atom. The maximum Gasteiger partial charge on any atom is 0.417 e. The number of amides is 1. The summed E-state index contributed by atoms with van der Waals surface area (Å²) in [7, 11) is 0. The molecule has 0 atom stereocenters. The molecule has 3 rings (SSSR count). The summed E-state index contributed by atoms with van der Waals surface area (Å²) < 4.78 is 44.4. The van der Waals surface area contributed by atoms with Crippen molar-refractivity contribution in [2.45, 2.75) is 13.1 Å². The van der Waals surface area contributed by atoms with Crippen LogP contribution in [0.25, 0.3) is 11.3 Å². The third kappa shape index (κ3) is 4.26. The van der Waals surface area contributed by atoms with E-state index < -0.39 is 22.7 Å². The quantitative estimate of drug-likeness (QED) is 0.534. The van der Waals surface area contributed by atoms with Crippen LogP contribution in [0.5, 0.6) is 0 Å². The summed E-state index contributed by atoms with van der Waals surface area (Å²) in [5, 5.41) is 2.17. The van der Waals surface area contributed by atoms with E-state index >= 15 is 0 Å². The van der Waals surface area contributed by atoms with Gasteiger partial charge >= 0.3 is 6.18 Å². The Hall–Kier alpha value is -3.06. The maximum absolute atomic E-state index is 13.0. The Kier molecular flexibility index (Phi) is 5.29. The molecule has 1 N–H and O–H groups in total. The predicted octanol–water partition coefficient (Wildman–Crippen LogP) is 6.07. The highest BCUT2D eigenvalue weighted by Crippen LogP contribution is 2.37. The lowest BCUT2D eigenvalue weighted by molar-refractivity contribution is -0.137. The average molecular weight is 408 g/mol. The summed E-state index contributed by atoms with van der Waals surface area (Å²) in [6, 6.07) is 12.4. The van der Waals surface area contributed by atoms with E-state index in [4.69, 9.17) is 16.0 Å². The van der Waals surface area contributed by atoms with Crippen molar-refractivity contribution in [3.8, 4) is 11.3 Å². The van der Waals surface area contributed by atoms with Gasteiger partial charge in [0.15, 0.2) is 11.5 Å². The summed E-state index contributed by atoms with van der Waals surface area (Å²) in [6.45, 7) is 1.43. The van der Waals surface area contributed by atoms with Crippen LogP contribution in [0.3, 0.4) is 0 Å². The maximum atomic E-state index is 13.0. The lowest BCUT2D eigenvalue weighted by atomic mass is 10.1. The number of rotatable bonds is 4. The third-order valence-electron chi connectivity index (χ3n) is 3.94. The van der Waals surface area contributed by atoms with Crippen molar-refractivity contribution in [3.05, 3.63) is 76.5 Å². The molecule has 0 saturated carbocycles. The number of ketones is 1. The molecule has 0 aliphatic heterocycles. The highest BCUT2D eigenvalue weighted by molar-refractivity contribution is 6.31. The van der Waals surface area contributed by atoms with Crippen molar-refractivity contribution in [2.75, 3.05) is 5.32 Å². The fourth-order valence-corrected chi connectivity index (χ4v) is 2.72. The SMILES string of the molecule is CC(=O)c1ccc(NC(=O)c2ccc(-c3ccc(Cl)c(C(F)(F)F)c3)o2)cc1. The van der Waals surface area contributed by atoms with Crippen molar-refractivity contribution in [2.24, 2.45) is 0 Å². The second-order valence-corrected chi connectivity index (χ2v) is 6.35. The van der Waals surface area contributed by atoms with Gasteiger partial charge in [0.1, 0.15) is 5.76 Å². The molecule has 0 aliphatic carbocycles. The monoisotopic (exact) mass is 407 g/mol. The van der Waals surface area contributed by atoms with Gasteiger partial charge in [0.2, 0.25) is 0 Å². The van der Waals surface area contributed by atoms with E-state index in [1.54, 1.807) is 24.3 Å². The lowest BCUT2D eigenvalue weighted by Crippen LogP contribution is -2.10. The van der Waals surface area contributed by atoms with Gasteiger partial charge in [0, 0.05) is 16.8 Å². The van der Waals surface area contributed by atoms with Gasteiger partial charge in [-0.1, -0.05) is 11.6 Å². The van der Waals surface area contributed by atoms with E-state index in [1.807, 2.05) is 0 Å². The van der Waals surface area contributed by atoms with E-state index in [9.17, 15) is 22.8 Å². The number of anilines is 1. The van der Waals surface area contributed by atoms with Crippen LogP contribution in [0, 0.1) is 0 Å². The number of halogens is 4. The van der Waals surface area contributed by atoms with Gasteiger partial charge in [0.25, 0.3) is 5.91 Å². The molecule has 0 radical (unpaired) electrons. The lowest BCUT2D eigenvalue weighted by Gasteiger charge is -2.10. The van der Waals surface area contributed by atoms with Gasteiger partial charge in [0.05, 0.1) is 10.6 Å². The Morgan fingerprint density at radius 1 is 1.00 bits per heavy atom. The average Bonchev–Trinajstić information content (AvgIpc) is 3.12. The molecule has 0 spiro atoms. The van der Waals surface area contributed by atoms with E-state index in [0.29, 0.717) is 11.3 Å².